The second-order valence-corrected chi connectivity index (χ2v) is 2.96. The van der Waals surface area contributed by atoms with E-state index in [4.69, 9.17) is 5.11 Å². The van der Waals surface area contributed by atoms with Crippen molar-refractivity contribution < 1.29 is 9.63 Å². The second-order valence-electron chi connectivity index (χ2n) is 2.96. The zero-order valence-corrected chi connectivity index (χ0v) is 7.92. The molecule has 0 fully saturated rings. The largest absolute Gasteiger partial charge is 0.506 e. The van der Waals surface area contributed by atoms with Gasteiger partial charge in [-0.05, 0) is 12.1 Å². The molecule has 0 saturated carbocycles. The van der Waals surface area contributed by atoms with Crippen LogP contribution in [0.25, 0.3) is 0 Å². The minimum atomic E-state index is 0.164. The van der Waals surface area contributed by atoms with E-state index in [-0.39, 0.29) is 5.75 Å². The topological polar surface area (TPSA) is 84.1 Å². The van der Waals surface area contributed by atoms with E-state index in [9.17, 15) is 0 Å². The summed E-state index contributed by atoms with van der Waals surface area (Å²) < 4.78 is 4.58. The van der Waals surface area contributed by atoms with Crippen molar-refractivity contribution in [3.05, 3.63) is 36.2 Å². The molecule has 6 nitrogen and oxygen atoms in total. The number of hydrogen-bond acceptors (Lipinski definition) is 6. The summed E-state index contributed by atoms with van der Waals surface area (Å²) in [5.74, 6) is 0.769. The van der Waals surface area contributed by atoms with E-state index in [0.717, 1.165) is 5.69 Å². The zero-order valence-electron chi connectivity index (χ0n) is 7.92. The zero-order chi connectivity index (χ0) is 10.5. The molecule has 0 aliphatic carbocycles. The molecule has 2 N–H and O–H groups in total. The summed E-state index contributed by atoms with van der Waals surface area (Å²) in [6, 6.07) is 3.34. The molecule has 0 bridgehead atoms. The predicted octanol–water partition coefficient (Wildman–Crippen LogP) is 0.460. The molecule has 2 heterocycles. The van der Waals surface area contributed by atoms with Gasteiger partial charge in [-0.15, -0.1) is 0 Å². The van der Waals surface area contributed by atoms with Crippen LogP contribution in [0.5, 0.6) is 5.75 Å². The lowest BCUT2D eigenvalue weighted by Crippen LogP contribution is -2.14. The van der Waals surface area contributed by atoms with E-state index in [1.54, 1.807) is 12.1 Å². The third-order valence-corrected chi connectivity index (χ3v) is 1.81. The highest BCUT2D eigenvalue weighted by Gasteiger charge is 1.98. The molecule has 0 unspecified atom stereocenters. The Morgan fingerprint density at radius 2 is 2.20 bits per heavy atom. The minimum absolute atomic E-state index is 0.164. The maximum absolute atomic E-state index is 9.02. The summed E-state index contributed by atoms with van der Waals surface area (Å²) >= 11 is 0. The van der Waals surface area contributed by atoms with Crippen LogP contribution >= 0.6 is 0 Å². The van der Waals surface area contributed by atoms with Crippen molar-refractivity contribution in [3.8, 4) is 5.75 Å². The normalized spacial score (nSPS) is 10.4. The van der Waals surface area contributed by atoms with E-state index in [1.165, 1.54) is 12.6 Å². The molecule has 0 aromatic carbocycles. The van der Waals surface area contributed by atoms with Crippen molar-refractivity contribution in [2.45, 2.75) is 13.1 Å². The first-order valence-corrected chi connectivity index (χ1v) is 4.44. The fraction of sp³-hybridized carbons (Fsp3) is 0.222. The fourth-order valence-electron chi connectivity index (χ4n) is 1.09. The predicted molar refractivity (Wildman–Crippen MR) is 50.7 cm³/mol. The molecule has 0 radical (unpaired) electrons. The van der Waals surface area contributed by atoms with E-state index in [1.807, 2.05) is 0 Å². The third-order valence-electron chi connectivity index (χ3n) is 1.81. The maximum Gasteiger partial charge on any atom is 0.213 e. The van der Waals surface area contributed by atoms with Crippen molar-refractivity contribution in [1.29, 1.82) is 0 Å². The molecule has 15 heavy (non-hydrogen) atoms. The lowest BCUT2D eigenvalue weighted by molar-refractivity contribution is 0.407. The number of aromatic hydroxyl groups is 1. The molecule has 0 amide bonds. The van der Waals surface area contributed by atoms with Gasteiger partial charge in [0, 0.05) is 6.54 Å². The summed E-state index contributed by atoms with van der Waals surface area (Å²) in [6.07, 6.45) is 2.70. The Balaban J connectivity index is 1.81. The molecule has 0 aliphatic rings. The summed E-state index contributed by atoms with van der Waals surface area (Å²) in [7, 11) is 0. The highest BCUT2D eigenvalue weighted by atomic mass is 16.5. The molecule has 0 saturated heterocycles. The SMILES string of the molecule is Oc1ccc(CNCc2ncon2)nc1. The molecule has 6 heteroatoms. The fourth-order valence-corrected chi connectivity index (χ4v) is 1.09. The van der Waals surface area contributed by atoms with Gasteiger partial charge >= 0.3 is 0 Å². The summed E-state index contributed by atoms with van der Waals surface area (Å²) in [5, 5.41) is 15.8. The maximum atomic E-state index is 9.02. The Labute approximate surface area is 86.0 Å². The quantitative estimate of drug-likeness (QED) is 0.756. The van der Waals surface area contributed by atoms with Gasteiger partial charge < -0.3 is 14.9 Å². The van der Waals surface area contributed by atoms with Gasteiger partial charge in [-0.2, -0.15) is 4.98 Å². The lowest BCUT2D eigenvalue weighted by Gasteiger charge is -2.00. The standard InChI is InChI=1S/C9H10N4O2/c14-8-2-1-7(11-4-8)3-10-5-9-12-6-15-13-9/h1-2,4,6,10,14H,3,5H2. The molecule has 0 atom stereocenters. The van der Waals surface area contributed by atoms with Crippen molar-refractivity contribution in [2.75, 3.05) is 0 Å². The number of rotatable bonds is 4. The highest BCUT2D eigenvalue weighted by molar-refractivity contribution is 5.17. The van der Waals surface area contributed by atoms with Gasteiger partial charge in [-0.3, -0.25) is 4.98 Å². The molecular formula is C9H10N4O2. The van der Waals surface area contributed by atoms with Crippen LogP contribution in [-0.4, -0.2) is 20.2 Å². The summed E-state index contributed by atoms with van der Waals surface area (Å²) in [6.45, 7) is 1.12. The molecule has 2 rings (SSSR count). The molecule has 2 aromatic heterocycles. The van der Waals surface area contributed by atoms with Crippen molar-refractivity contribution in [1.82, 2.24) is 20.4 Å². The number of nitrogens with zero attached hydrogens (tertiary/aromatic N) is 3. The van der Waals surface area contributed by atoms with Crippen molar-refractivity contribution in [2.24, 2.45) is 0 Å². The number of hydrogen-bond donors (Lipinski definition) is 2. The van der Waals surface area contributed by atoms with Crippen LogP contribution in [0.15, 0.2) is 29.2 Å². The van der Waals surface area contributed by atoms with Gasteiger partial charge in [-0.1, -0.05) is 5.16 Å². The first kappa shape index (κ1) is 9.60. The second kappa shape index (κ2) is 4.52. The van der Waals surface area contributed by atoms with E-state index >= 15 is 0 Å². The van der Waals surface area contributed by atoms with Gasteiger partial charge in [-0.25, -0.2) is 0 Å². The number of pyridine rings is 1. The number of nitrogens with one attached hydrogen (secondary N) is 1. The van der Waals surface area contributed by atoms with Crippen LogP contribution in [0.2, 0.25) is 0 Å². The summed E-state index contributed by atoms with van der Waals surface area (Å²) in [4.78, 5) is 7.88. The Kier molecular flexibility index (Phi) is 2.89. The van der Waals surface area contributed by atoms with Crippen LogP contribution < -0.4 is 5.32 Å². The van der Waals surface area contributed by atoms with Crippen molar-refractivity contribution in [3.63, 3.8) is 0 Å². The molecule has 0 aliphatic heterocycles. The van der Waals surface area contributed by atoms with Crippen LogP contribution in [0.3, 0.4) is 0 Å². The van der Waals surface area contributed by atoms with E-state index in [2.05, 4.69) is 25.0 Å². The van der Waals surface area contributed by atoms with Crippen molar-refractivity contribution >= 4 is 0 Å². The Morgan fingerprint density at radius 3 is 2.87 bits per heavy atom. The lowest BCUT2D eigenvalue weighted by atomic mass is 10.3. The van der Waals surface area contributed by atoms with E-state index < -0.39 is 0 Å². The number of aromatic nitrogens is 3. The highest BCUT2D eigenvalue weighted by Crippen LogP contribution is 2.05. The van der Waals surface area contributed by atoms with Crippen LogP contribution in [0.4, 0.5) is 0 Å². The molecule has 2 aromatic rings. The van der Waals surface area contributed by atoms with Crippen LogP contribution in [0.1, 0.15) is 11.5 Å². The average molecular weight is 206 g/mol. The monoisotopic (exact) mass is 206 g/mol. The summed E-state index contributed by atoms with van der Waals surface area (Å²) in [5.41, 5.74) is 0.844. The van der Waals surface area contributed by atoms with Gasteiger partial charge in [0.25, 0.3) is 0 Å². The van der Waals surface area contributed by atoms with Gasteiger partial charge in [0.15, 0.2) is 5.82 Å². The van der Waals surface area contributed by atoms with Gasteiger partial charge in [0.2, 0.25) is 6.39 Å². The Hall–Kier alpha value is -1.95. The third kappa shape index (κ3) is 2.75. The Bertz CT molecular complexity index is 399. The first-order valence-electron chi connectivity index (χ1n) is 4.44. The van der Waals surface area contributed by atoms with Crippen LogP contribution in [0, 0.1) is 0 Å². The minimum Gasteiger partial charge on any atom is -0.506 e. The molecule has 0 spiro atoms. The van der Waals surface area contributed by atoms with Crippen LogP contribution in [-0.2, 0) is 13.1 Å². The van der Waals surface area contributed by atoms with E-state index in [0.29, 0.717) is 18.9 Å². The van der Waals surface area contributed by atoms with Gasteiger partial charge in [0.05, 0.1) is 18.4 Å². The average Bonchev–Trinajstić information content (AvgIpc) is 2.74. The smallest absolute Gasteiger partial charge is 0.213 e. The molecule has 78 valence electrons. The Morgan fingerprint density at radius 1 is 1.27 bits per heavy atom. The first-order chi connectivity index (χ1) is 7.34. The molecular weight excluding hydrogens is 196 g/mol. The van der Waals surface area contributed by atoms with Gasteiger partial charge in [0.1, 0.15) is 5.75 Å².